The smallest absolute Gasteiger partial charge is 0.257 e. The number of anilines is 1. The van der Waals surface area contributed by atoms with Crippen LogP contribution in [0.5, 0.6) is 5.75 Å². The molecule has 1 aliphatic heterocycles. The topological polar surface area (TPSA) is 75.9 Å². The zero-order valence-corrected chi connectivity index (χ0v) is 16.4. The van der Waals surface area contributed by atoms with Crippen LogP contribution in [0.25, 0.3) is 0 Å². The normalized spacial score (nSPS) is 13.7. The third-order valence-corrected chi connectivity index (χ3v) is 4.75. The van der Waals surface area contributed by atoms with Crippen LogP contribution in [0.15, 0.2) is 42.5 Å². The average molecular weight is 410 g/mol. The molecule has 8 heteroatoms. The summed E-state index contributed by atoms with van der Waals surface area (Å²) in [4.78, 5) is 28.8. The maximum atomic E-state index is 12.8. The van der Waals surface area contributed by atoms with E-state index >= 15 is 0 Å². The Morgan fingerprint density at radius 1 is 1.00 bits per heavy atom. The maximum absolute atomic E-state index is 12.8. The summed E-state index contributed by atoms with van der Waals surface area (Å²) in [6, 6.07) is 12.2. The molecule has 0 spiro atoms. The van der Waals surface area contributed by atoms with Crippen LogP contribution >= 0.6 is 24.0 Å². The van der Waals surface area contributed by atoms with E-state index in [0.29, 0.717) is 53.8 Å². The Hall–Kier alpha value is -2.44. The lowest BCUT2D eigenvalue weighted by Gasteiger charge is -2.35. The van der Waals surface area contributed by atoms with Gasteiger partial charge in [-0.3, -0.25) is 9.59 Å². The second-order valence-corrected chi connectivity index (χ2v) is 6.43. The quantitative estimate of drug-likeness (QED) is 0.790. The first-order valence-electron chi connectivity index (χ1n) is 8.28. The molecule has 0 radical (unpaired) electrons. The summed E-state index contributed by atoms with van der Waals surface area (Å²) < 4.78 is 5.26. The van der Waals surface area contributed by atoms with Gasteiger partial charge in [0, 0.05) is 37.8 Å². The third-order valence-electron chi connectivity index (χ3n) is 4.42. The van der Waals surface area contributed by atoms with Gasteiger partial charge in [-0.05, 0) is 18.2 Å². The van der Waals surface area contributed by atoms with E-state index in [-0.39, 0.29) is 24.2 Å². The fourth-order valence-corrected chi connectivity index (χ4v) is 3.12. The summed E-state index contributed by atoms with van der Waals surface area (Å²) in [7, 11) is 1.48. The molecule has 2 amide bonds. The number of carbonyl (C=O) groups is 2. The molecule has 27 heavy (non-hydrogen) atoms. The Morgan fingerprint density at radius 3 is 2.11 bits per heavy atom. The van der Waals surface area contributed by atoms with Crippen LogP contribution in [-0.4, -0.2) is 54.9 Å². The Balaban J connectivity index is 0.00000261. The minimum atomic E-state index is -0.185. The number of ether oxygens (including phenoxy) is 1. The molecule has 0 unspecified atom stereocenters. The Morgan fingerprint density at radius 2 is 1.56 bits per heavy atom. The lowest BCUT2D eigenvalue weighted by molar-refractivity contribution is 0.0533. The maximum Gasteiger partial charge on any atom is 0.257 e. The largest absolute Gasteiger partial charge is 0.496 e. The van der Waals surface area contributed by atoms with Gasteiger partial charge in [-0.1, -0.05) is 29.8 Å². The van der Waals surface area contributed by atoms with Crippen molar-refractivity contribution in [2.75, 3.05) is 39.0 Å². The molecule has 0 saturated carbocycles. The molecule has 0 atom stereocenters. The van der Waals surface area contributed by atoms with Gasteiger partial charge in [0.1, 0.15) is 5.75 Å². The van der Waals surface area contributed by atoms with E-state index in [1.165, 1.54) is 13.2 Å². The van der Waals surface area contributed by atoms with Crippen LogP contribution in [0.2, 0.25) is 5.02 Å². The number of hydrogen-bond acceptors (Lipinski definition) is 4. The SMILES string of the molecule is COc1cc(N)c(Cl)cc1C(=O)N1CCN(C(=O)c2ccccc2)CC1.Cl. The van der Waals surface area contributed by atoms with Crippen molar-refractivity contribution in [3.63, 3.8) is 0 Å². The molecule has 0 aromatic heterocycles. The van der Waals surface area contributed by atoms with Crippen molar-refractivity contribution in [3.8, 4) is 5.75 Å². The van der Waals surface area contributed by atoms with E-state index in [4.69, 9.17) is 22.1 Å². The second kappa shape index (κ2) is 8.97. The van der Waals surface area contributed by atoms with Gasteiger partial charge in [0.25, 0.3) is 11.8 Å². The van der Waals surface area contributed by atoms with Crippen molar-refractivity contribution in [1.82, 2.24) is 9.80 Å². The molecule has 1 heterocycles. The second-order valence-electron chi connectivity index (χ2n) is 6.02. The van der Waals surface area contributed by atoms with Crippen molar-refractivity contribution >= 4 is 41.5 Å². The van der Waals surface area contributed by atoms with Gasteiger partial charge >= 0.3 is 0 Å². The average Bonchev–Trinajstić information content (AvgIpc) is 2.69. The van der Waals surface area contributed by atoms with E-state index in [1.807, 2.05) is 18.2 Å². The molecule has 0 bridgehead atoms. The summed E-state index contributed by atoms with van der Waals surface area (Å²) >= 11 is 6.05. The van der Waals surface area contributed by atoms with Gasteiger partial charge < -0.3 is 20.3 Å². The summed E-state index contributed by atoms with van der Waals surface area (Å²) in [6.45, 7) is 1.85. The lowest BCUT2D eigenvalue weighted by atomic mass is 10.1. The number of nitrogens with zero attached hydrogens (tertiary/aromatic N) is 2. The Kier molecular flexibility index (Phi) is 6.93. The summed E-state index contributed by atoms with van der Waals surface area (Å²) in [5.41, 5.74) is 7.15. The van der Waals surface area contributed by atoms with Gasteiger partial charge in [0.15, 0.2) is 0 Å². The fraction of sp³-hybridized carbons (Fsp3) is 0.263. The third kappa shape index (κ3) is 4.46. The number of rotatable bonds is 3. The highest BCUT2D eigenvalue weighted by atomic mass is 35.5. The molecule has 6 nitrogen and oxygen atoms in total. The van der Waals surface area contributed by atoms with Gasteiger partial charge in [-0.25, -0.2) is 0 Å². The molecule has 1 aliphatic rings. The van der Waals surface area contributed by atoms with Crippen molar-refractivity contribution < 1.29 is 14.3 Å². The van der Waals surface area contributed by atoms with Crippen molar-refractivity contribution in [3.05, 3.63) is 58.6 Å². The highest BCUT2D eigenvalue weighted by molar-refractivity contribution is 6.33. The van der Waals surface area contributed by atoms with Crippen LogP contribution in [0.1, 0.15) is 20.7 Å². The number of carbonyl (C=O) groups excluding carboxylic acids is 2. The molecule has 3 rings (SSSR count). The predicted molar refractivity (Wildman–Crippen MR) is 108 cm³/mol. The van der Waals surface area contributed by atoms with E-state index in [9.17, 15) is 9.59 Å². The zero-order chi connectivity index (χ0) is 18.7. The van der Waals surface area contributed by atoms with E-state index in [0.717, 1.165) is 0 Å². The van der Waals surface area contributed by atoms with E-state index in [2.05, 4.69) is 0 Å². The molecule has 2 aromatic carbocycles. The lowest BCUT2D eigenvalue weighted by Crippen LogP contribution is -2.50. The fourth-order valence-electron chi connectivity index (χ4n) is 2.95. The minimum absolute atomic E-state index is 0. The molecule has 1 saturated heterocycles. The van der Waals surface area contributed by atoms with Crippen molar-refractivity contribution in [2.24, 2.45) is 0 Å². The Labute approximate surface area is 169 Å². The molecule has 144 valence electrons. The number of hydrogen-bond donors (Lipinski definition) is 1. The number of halogens is 2. The number of benzene rings is 2. The van der Waals surface area contributed by atoms with Crippen molar-refractivity contribution in [1.29, 1.82) is 0 Å². The first kappa shape index (κ1) is 20.9. The monoisotopic (exact) mass is 409 g/mol. The van der Waals surface area contributed by atoms with Gasteiger partial charge in [-0.2, -0.15) is 0 Å². The Bertz CT molecular complexity index is 822. The number of methoxy groups -OCH3 is 1. The highest BCUT2D eigenvalue weighted by Gasteiger charge is 2.27. The van der Waals surface area contributed by atoms with Gasteiger partial charge in [0.2, 0.25) is 0 Å². The number of piperazine rings is 1. The number of nitrogen functional groups attached to an aromatic ring is 1. The number of amides is 2. The summed E-state index contributed by atoms with van der Waals surface area (Å²) in [5, 5.41) is 0.312. The van der Waals surface area contributed by atoms with E-state index in [1.54, 1.807) is 28.0 Å². The number of nitrogens with two attached hydrogens (primary N) is 1. The minimum Gasteiger partial charge on any atom is -0.496 e. The summed E-state index contributed by atoms with van der Waals surface area (Å²) in [6.07, 6.45) is 0. The molecular formula is C19H21Cl2N3O3. The van der Waals surface area contributed by atoms with Gasteiger partial charge in [0.05, 0.1) is 23.4 Å². The summed E-state index contributed by atoms with van der Waals surface area (Å²) in [5.74, 6) is 0.182. The van der Waals surface area contributed by atoms with Crippen molar-refractivity contribution in [2.45, 2.75) is 0 Å². The van der Waals surface area contributed by atoms with Gasteiger partial charge in [-0.15, -0.1) is 12.4 Å². The molecule has 1 fully saturated rings. The van der Waals surface area contributed by atoms with Crippen LogP contribution in [-0.2, 0) is 0 Å². The molecule has 2 N–H and O–H groups in total. The molecular weight excluding hydrogens is 389 g/mol. The molecule has 2 aromatic rings. The van der Waals surface area contributed by atoms with Crippen LogP contribution < -0.4 is 10.5 Å². The van der Waals surface area contributed by atoms with Crippen LogP contribution in [0.4, 0.5) is 5.69 Å². The van der Waals surface area contributed by atoms with Crippen LogP contribution in [0.3, 0.4) is 0 Å². The van der Waals surface area contributed by atoms with E-state index < -0.39 is 0 Å². The van der Waals surface area contributed by atoms with Crippen LogP contribution in [0, 0.1) is 0 Å². The standard InChI is InChI=1S/C19H20ClN3O3.ClH/c1-26-17-12-16(21)15(20)11-14(17)19(25)23-9-7-22(8-10-23)18(24)13-5-3-2-4-6-13;/h2-6,11-12H,7-10,21H2,1H3;1H. The first-order chi connectivity index (χ1) is 12.5. The highest BCUT2D eigenvalue weighted by Crippen LogP contribution is 2.30. The molecule has 0 aliphatic carbocycles. The zero-order valence-electron chi connectivity index (χ0n) is 14.9. The first-order valence-corrected chi connectivity index (χ1v) is 8.65. The predicted octanol–water partition coefficient (Wildman–Crippen LogP) is 2.95.